The van der Waals surface area contributed by atoms with Crippen LogP contribution < -0.4 is 20.1 Å². The van der Waals surface area contributed by atoms with Gasteiger partial charge in [-0.2, -0.15) is 0 Å². The number of piperazine rings is 1. The maximum absolute atomic E-state index is 12.6. The molecule has 2 saturated heterocycles. The number of likely N-dealkylation sites (tertiary alicyclic amines) is 1. The van der Waals surface area contributed by atoms with Crippen LogP contribution >= 0.6 is 0 Å². The van der Waals surface area contributed by atoms with Crippen molar-refractivity contribution in [3.8, 4) is 22.6 Å². The van der Waals surface area contributed by atoms with Crippen molar-refractivity contribution in [3.05, 3.63) is 83.4 Å². The first-order chi connectivity index (χ1) is 16.2. The Morgan fingerprint density at radius 3 is 2.55 bits per heavy atom. The van der Waals surface area contributed by atoms with E-state index < -0.39 is 0 Å². The van der Waals surface area contributed by atoms with Crippen molar-refractivity contribution < 1.29 is 14.3 Å². The van der Waals surface area contributed by atoms with E-state index in [9.17, 15) is 4.79 Å². The molecule has 2 bridgehead atoms. The van der Waals surface area contributed by atoms with Gasteiger partial charge >= 0.3 is 0 Å². The summed E-state index contributed by atoms with van der Waals surface area (Å²) in [6.45, 7) is 3.93. The molecule has 33 heavy (non-hydrogen) atoms. The molecule has 2 fully saturated rings. The van der Waals surface area contributed by atoms with Crippen molar-refractivity contribution in [2.24, 2.45) is 0 Å². The molecule has 0 saturated carbocycles. The zero-order chi connectivity index (χ0) is 22.2. The average Bonchev–Trinajstić information content (AvgIpc) is 3.60. The molecular weight excluding hydrogens is 414 g/mol. The van der Waals surface area contributed by atoms with Crippen molar-refractivity contribution >= 4 is 5.91 Å². The highest BCUT2D eigenvalue weighted by atomic mass is 16.7. The number of hydrogen-bond acceptors (Lipinski definition) is 5. The Balaban J connectivity index is 1.12. The van der Waals surface area contributed by atoms with Gasteiger partial charge in [0.1, 0.15) is 0 Å². The van der Waals surface area contributed by atoms with Crippen molar-refractivity contribution in [1.82, 2.24) is 15.5 Å². The zero-order valence-corrected chi connectivity index (χ0v) is 18.4. The van der Waals surface area contributed by atoms with Gasteiger partial charge in [0.15, 0.2) is 11.5 Å². The molecule has 0 radical (unpaired) electrons. The fraction of sp³-hybridized carbons (Fsp3) is 0.296. The lowest BCUT2D eigenvalue weighted by Crippen LogP contribution is -2.42. The van der Waals surface area contributed by atoms with Crippen LogP contribution in [0.15, 0.2) is 66.7 Å². The smallest absolute Gasteiger partial charge is 0.251 e. The molecular formula is C27H27N3O3. The molecule has 3 aliphatic heterocycles. The lowest BCUT2D eigenvalue weighted by Gasteiger charge is -2.27. The molecule has 6 rings (SSSR count). The van der Waals surface area contributed by atoms with E-state index in [-0.39, 0.29) is 12.7 Å². The topological polar surface area (TPSA) is 62.8 Å². The zero-order valence-electron chi connectivity index (χ0n) is 18.4. The van der Waals surface area contributed by atoms with Crippen molar-refractivity contribution in [2.45, 2.75) is 31.6 Å². The number of hydrogen-bond donors (Lipinski definition) is 2. The Labute approximate surface area is 193 Å². The van der Waals surface area contributed by atoms with Crippen LogP contribution in [0.25, 0.3) is 11.1 Å². The summed E-state index contributed by atoms with van der Waals surface area (Å²) >= 11 is 0. The second-order valence-electron chi connectivity index (χ2n) is 9.08. The number of benzene rings is 3. The van der Waals surface area contributed by atoms with Crippen molar-refractivity contribution in [2.75, 3.05) is 19.9 Å². The van der Waals surface area contributed by atoms with E-state index in [0.29, 0.717) is 35.7 Å². The largest absolute Gasteiger partial charge is 0.454 e. The molecule has 6 nitrogen and oxygen atoms in total. The first-order valence-electron chi connectivity index (χ1n) is 11.5. The number of nitrogens with one attached hydrogen (secondary N) is 2. The molecule has 6 heteroatoms. The number of nitrogens with zero attached hydrogens (tertiary/aromatic N) is 1. The van der Waals surface area contributed by atoms with Crippen LogP contribution in [0.4, 0.5) is 0 Å². The SMILES string of the molecule is O=C(NCc1cccc(-c2cccc(CN3C[C@@H]4C[C@H]3CN4)c2)c1)c1ccc2c(c1)OCO2. The van der Waals surface area contributed by atoms with Gasteiger partial charge in [0.05, 0.1) is 0 Å². The number of amides is 1. The van der Waals surface area contributed by atoms with Gasteiger partial charge in [-0.05, 0) is 59.0 Å². The van der Waals surface area contributed by atoms with Gasteiger partial charge in [0.25, 0.3) is 5.91 Å². The van der Waals surface area contributed by atoms with Gasteiger partial charge in [-0.25, -0.2) is 0 Å². The summed E-state index contributed by atoms with van der Waals surface area (Å²) < 4.78 is 10.7. The van der Waals surface area contributed by atoms with E-state index in [1.807, 2.05) is 6.07 Å². The van der Waals surface area contributed by atoms with Crippen LogP contribution in [0.5, 0.6) is 11.5 Å². The van der Waals surface area contributed by atoms with Gasteiger partial charge < -0.3 is 20.1 Å². The van der Waals surface area contributed by atoms with E-state index in [1.54, 1.807) is 18.2 Å². The Morgan fingerprint density at radius 1 is 0.970 bits per heavy atom. The van der Waals surface area contributed by atoms with Crippen molar-refractivity contribution in [1.29, 1.82) is 0 Å². The molecule has 0 aromatic heterocycles. The summed E-state index contributed by atoms with van der Waals surface area (Å²) in [7, 11) is 0. The second-order valence-corrected chi connectivity index (χ2v) is 9.08. The minimum atomic E-state index is -0.130. The Hall–Kier alpha value is -3.35. The fourth-order valence-electron chi connectivity index (χ4n) is 5.11. The van der Waals surface area contributed by atoms with Crippen LogP contribution in [-0.4, -0.2) is 42.8 Å². The van der Waals surface area contributed by atoms with E-state index in [2.05, 4.69) is 58.0 Å². The lowest BCUT2D eigenvalue weighted by molar-refractivity contribution is 0.0950. The maximum Gasteiger partial charge on any atom is 0.251 e. The molecule has 168 valence electrons. The monoisotopic (exact) mass is 441 g/mol. The summed E-state index contributed by atoms with van der Waals surface area (Å²) in [5, 5.41) is 6.59. The van der Waals surface area contributed by atoms with Crippen LogP contribution in [0.2, 0.25) is 0 Å². The predicted octanol–water partition coefficient (Wildman–Crippen LogP) is 3.56. The number of fused-ring (bicyclic) bond motifs is 3. The quantitative estimate of drug-likeness (QED) is 0.613. The first kappa shape index (κ1) is 20.3. The predicted molar refractivity (Wildman–Crippen MR) is 126 cm³/mol. The number of rotatable bonds is 6. The van der Waals surface area contributed by atoms with Gasteiger partial charge in [-0.15, -0.1) is 0 Å². The Kier molecular flexibility index (Phi) is 5.24. The average molecular weight is 442 g/mol. The third-order valence-electron chi connectivity index (χ3n) is 6.83. The van der Waals surface area contributed by atoms with Crippen LogP contribution in [0.3, 0.4) is 0 Å². The van der Waals surface area contributed by atoms with Gasteiger partial charge in [-0.1, -0.05) is 36.4 Å². The lowest BCUT2D eigenvalue weighted by atomic mass is 10.0. The molecule has 3 aromatic carbocycles. The Morgan fingerprint density at radius 2 is 1.76 bits per heavy atom. The molecule has 2 atom stereocenters. The van der Waals surface area contributed by atoms with Gasteiger partial charge in [0.2, 0.25) is 6.79 Å². The molecule has 3 aromatic rings. The summed E-state index contributed by atoms with van der Waals surface area (Å²) in [4.78, 5) is 15.2. The fourth-order valence-corrected chi connectivity index (χ4v) is 5.11. The van der Waals surface area contributed by atoms with E-state index in [0.717, 1.165) is 30.8 Å². The minimum Gasteiger partial charge on any atom is -0.454 e. The Bertz CT molecular complexity index is 1190. The number of carbonyl (C=O) groups excluding carboxylic acids is 1. The third kappa shape index (κ3) is 4.19. The molecule has 3 aliphatic rings. The molecule has 1 amide bonds. The summed E-state index contributed by atoms with van der Waals surface area (Å²) in [5.74, 6) is 1.16. The first-order valence-corrected chi connectivity index (χ1v) is 11.5. The van der Waals surface area contributed by atoms with Gasteiger partial charge in [-0.3, -0.25) is 9.69 Å². The normalized spacial score (nSPS) is 20.8. The molecule has 3 heterocycles. The highest BCUT2D eigenvalue weighted by molar-refractivity contribution is 5.94. The van der Waals surface area contributed by atoms with Crippen LogP contribution in [0.1, 0.15) is 27.9 Å². The summed E-state index contributed by atoms with van der Waals surface area (Å²) in [5.41, 5.74) is 5.35. The van der Waals surface area contributed by atoms with E-state index in [4.69, 9.17) is 9.47 Å². The molecule has 0 unspecified atom stereocenters. The second kappa shape index (κ2) is 8.54. The van der Waals surface area contributed by atoms with E-state index in [1.165, 1.54) is 17.5 Å². The van der Waals surface area contributed by atoms with Crippen LogP contribution in [0, 0.1) is 0 Å². The highest BCUT2D eigenvalue weighted by Gasteiger charge is 2.37. The summed E-state index contributed by atoms with van der Waals surface area (Å²) in [6, 6.07) is 23.8. The minimum absolute atomic E-state index is 0.130. The highest BCUT2D eigenvalue weighted by Crippen LogP contribution is 2.32. The van der Waals surface area contributed by atoms with Crippen LogP contribution in [-0.2, 0) is 13.1 Å². The summed E-state index contributed by atoms with van der Waals surface area (Å²) in [6.07, 6.45) is 1.28. The molecule has 0 spiro atoms. The maximum atomic E-state index is 12.6. The molecule has 2 N–H and O–H groups in total. The number of carbonyl (C=O) groups is 1. The van der Waals surface area contributed by atoms with Crippen molar-refractivity contribution in [3.63, 3.8) is 0 Å². The van der Waals surface area contributed by atoms with E-state index >= 15 is 0 Å². The standard InChI is InChI=1S/C27H27N3O3/c31-27(22-7-8-25-26(11-22)33-17-32-25)29-13-18-3-1-5-20(9-18)21-6-2-4-19(10-21)15-30-16-23-12-24(30)14-28-23/h1-11,23-24,28H,12-17H2,(H,29,31)/t23-,24-/m0/s1. The van der Waals surface area contributed by atoms with Gasteiger partial charge in [0, 0.05) is 43.8 Å². The number of ether oxygens (including phenoxy) is 2. The third-order valence-corrected chi connectivity index (χ3v) is 6.83. The molecule has 0 aliphatic carbocycles.